The van der Waals surface area contributed by atoms with Crippen molar-refractivity contribution in [3.05, 3.63) is 89.5 Å². The number of allylic oxidation sites excluding steroid dienone is 1. The SMILES string of the molecule is O=C1NC(=O)C(=C2C(=O)c3cc4c(ccc5ccccc54)cc3-c3ccccc32)C(=O)N1. The third kappa shape index (κ3) is 2.46. The number of barbiturate groups is 1. The Labute approximate surface area is 181 Å². The lowest BCUT2D eigenvalue weighted by Gasteiger charge is -2.25. The quantitative estimate of drug-likeness (QED) is 0.257. The van der Waals surface area contributed by atoms with Gasteiger partial charge in [0, 0.05) is 11.1 Å². The molecule has 0 bridgehead atoms. The fourth-order valence-corrected chi connectivity index (χ4v) is 4.60. The zero-order valence-electron chi connectivity index (χ0n) is 16.6. The second-order valence-electron chi connectivity index (χ2n) is 7.77. The molecule has 1 aliphatic carbocycles. The lowest BCUT2D eigenvalue weighted by Crippen LogP contribution is -2.52. The van der Waals surface area contributed by atoms with Crippen molar-refractivity contribution in [2.75, 3.05) is 0 Å². The fraction of sp³-hybridized carbons (Fsp3) is 0. The van der Waals surface area contributed by atoms with Gasteiger partial charge in [-0.1, -0.05) is 60.7 Å². The summed E-state index contributed by atoms with van der Waals surface area (Å²) in [5.41, 5.74) is 2.02. The summed E-state index contributed by atoms with van der Waals surface area (Å²) >= 11 is 0. The molecule has 1 fully saturated rings. The van der Waals surface area contributed by atoms with Crippen molar-refractivity contribution in [3.63, 3.8) is 0 Å². The first-order chi connectivity index (χ1) is 15.5. The van der Waals surface area contributed by atoms with Crippen LogP contribution in [0.15, 0.2) is 78.4 Å². The van der Waals surface area contributed by atoms with Gasteiger partial charge < -0.3 is 0 Å². The maximum atomic E-state index is 13.7. The Morgan fingerprint density at radius 3 is 1.94 bits per heavy atom. The van der Waals surface area contributed by atoms with E-state index in [0.29, 0.717) is 11.1 Å². The Hall–Kier alpha value is -4.58. The fourth-order valence-electron chi connectivity index (χ4n) is 4.60. The molecule has 1 saturated heterocycles. The highest BCUT2D eigenvalue weighted by molar-refractivity contribution is 6.45. The van der Waals surface area contributed by atoms with Crippen LogP contribution < -0.4 is 10.6 Å². The Kier molecular flexibility index (Phi) is 3.67. The summed E-state index contributed by atoms with van der Waals surface area (Å²) in [6, 6.07) is 22.0. The Balaban J connectivity index is 1.71. The molecule has 6 heteroatoms. The Morgan fingerprint density at radius 1 is 0.500 bits per heavy atom. The number of urea groups is 1. The predicted octanol–water partition coefficient (Wildman–Crippen LogP) is 3.98. The summed E-state index contributed by atoms with van der Waals surface area (Å²) in [7, 11) is 0. The smallest absolute Gasteiger partial charge is 0.289 e. The second kappa shape index (κ2) is 6.46. The molecule has 4 aromatic rings. The standard InChI is InChI=1S/C26H14N2O4/c29-23-20-12-18-14(10-9-13-5-1-2-6-15(13)18)11-19(20)16-7-3-4-8-17(16)21(23)22-24(30)27-26(32)28-25(22)31/h1-12H,(H2,27,28,30,31,32). The summed E-state index contributed by atoms with van der Waals surface area (Å²) in [4.78, 5) is 50.4. The van der Waals surface area contributed by atoms with Crippen molar-refractivity contribution in [2.45, 2.75) is 0 Å². The highest BCUT2D eigenvalue weighted by atomic mass is 16.2. The molecule has 32 heavy (non-hydrogen) atoms. The first-order valence-corrected chi connectivity index (χ1v) is 10.0. The van der Waals surface area contributed by atoms with E-state index >= 15 is 0 Å². The molecule has 2 N–H and O–H groups in total. The van der Waals surface area contributed by atoms with Crippen LogP contribution in [0, 0.1) is 0 Å². The van der Waals surface area contributed by atoms with Crippen LogP contribution in [0.3, 0.4) is 0 Å². The summed E-state index contributed by atoms with van der Waals surface area (Å²) in [6.45, 7) is 0. The van der Waals surface area contributed by atoms with Crippen LogP contribution in [-0.2, 0) is 9.59 Å². The summed E-state index contributed by atoms with van der Waals surface area (Å²) in [5.74, 6) is -2.19. The van der Waals surface area contributed by atoms with Gasteiger partial charge in [-0.25, -0.2) is 4.79 Å². The number of benzene rings is 4. The number of ketones is 1. The van der Waals surface area contributed by atoms with Gasteiger partial charge in [0.05, 0.1) is 0 Å². The molecule has 0 saturated carbocycles. The van der Waals surface area contributed by atoms with Crippen LogP contribution in [0.1, 0.15) is 15.9 Å². The van der Waals surface area contributed by atoms with Crippen LogP contribution in [0.5, 0.6) is 0 Å². The molecule has 4 amide bonds. The number of fused-ring (bicyclic) bond motifs is 6. The van der Waals surface area contributed by atoms with E-state index in [-0.39, 0.29) is 11.1 Å². The zero-order chi connectivity index (χ0) is 22.0. The van der Waals surface area contributed by atoms with Gasteiger partial charge >= 0.3 is 6.03 Å². The molecule has 2 aliphatic rings. The van der Waals surface area contributed by atoms with E-state index in [1.807, 2.05) is 60.7 Å². The number of imide groups is 2. The molecule has 1 heterocycles. The third-order valence-electron chi connectivity index (χ3n) is 6.00. The van der Waals surface area contributed by atoms with Gasteiger partial charge in [-0.3, -0.25) is 25.0 Å². The minimum absolute atomic E-state index is 0.00446. The number of Topliss-reactive ketones (excluding diaryl/α,β-unsaturated/α-hetero) is 1. The number of nitrogens with one attached hydrogen (secondary N) is 2. The van der Waals surface area contributed by atoms with E-state index in [2.05, 4.69) is 10.6 Å². The molecule has 6 rings (SSSR count). The van der Waals surface area contributed by atoms with Crippen LogP contribution in [-0.4, -0.2) is 23.6 Å². The van der Waals surface area contributed by atoms with Crippen molar-refractivity contribution < 1.29 is 19.2 Å². The molecule has 0 atom stereocenters. The maximum Gasteiger partial charge on any atom is 0.328 e. The second-order valence-corrected chi connectivity index (χ2v) is 7.77. The lowest BCUT2D eigenvalue weighted by molar-refractivity contribution is -0.123. The van der Waals surface area contributed by atoms with E-state index in [1.165, 1.54) is 0 Å². The van der Waals surface area contributed by atoms with E-state index in [0.717, 1.165) is 32.7 Å². The average molecular weight is 418 g/mol. The Morgan fingerprint density at radius 2 is 1.16 bits per heavy atom. The molecule has 0 unspecified atom stereocenters. The maximum absolute atomic E-state index is 13.7. The van der Waals surface area contributed by atoms with E-state index in [1.54, 1.807) is 12.1 Å². The minimum Gasteiger partial charge on any atom is -0.289 e. The molecule has 6 nitrogen and oxygen atoms in total. The number of hydrogen-bond acceptors (Lipinski definition) is 4. The van der Waals surface area contributed by atoms with Gasteiger partial charge in [-0.2, -0.15) is 0 Å². The first-order valence-electron chi connectivity index (χ1n) is 10.0. The van der Waals surface area contributed by atoms with Crippen molar-refractivity contribution in [1.82, 2.24) is 10.6 Å². The average Bonchev–Trinajstić information content (AvgIpc) is 2.79. The van der Waals surface area contributed by atoms with Gasteiger partial charge in [0.25, 0.3) is 11.8 Å². The first kappa shape index (κ1) is 18.2. The zero-order valence-corrected chi connectivity index (χ0v) is 16.6. The highest BCUT2D eigenvalue weighted by Crippen LogP contribution is 2.43. The molecule has 4 aromatic carbocycles. The van der Waals surface area contributed by atoms with Crippen molar-refractivity contribution in [3.8, 4) is 11.1 Å². The number of carbonyl (C=O) groups excluding carboxylic acids is 4. The molecule has 0 radical (unpaired) electrons. The van der Waals surface area contributed by atoms with Crippen molar-refractivity contribution >= 4 is 50.7 Å². The van der Waals surface area contributed by atoms with Crippen molar-refractivity contribution in [1.29, 1.82) is 0 Å². The van der Waals surface area contributed by atoms with Crippen molar-refractivity contribution in [2.24, 2.45) is 0 Å². The number of hydrogen-bond donors (Lipinski definition) is 2. The van der Waals surface area contributed by atoms with Gasteiger partial charge in [0.15, 0.2) is 5.78 Å². The summed E-state index contributed by atoms with van der Waals surface area (Å²) in [6.07, 6.45) is 0. The molecule has 0 aromatic heterocycles. The van der Waals surface area contributed by atoms with Crippen LogP contribution >= 0.6 is 0 Å². The number of carbonyl (C=O) groups is 4. The van der Waals surface area contributed by atoms with Crippen LogP contribution in [0.4, 0.5) is 4.79 Å². The van der Waals surface area contributed by atoms with E-state index in [9.17, 15) is 19.2 Å². The molecule has 0 spiro atoms. The summed E-state index contributed by atoms with van der Waals surface area (Å²) in [5, 5.41) is 8.08. The minimum atomic E-state index is -0.904. The number of amides is 4. The molecule has 1 aliphatic heterocycles. The summed E-state index contributed by atoms with van der Waals surface area (Å²) < 4.78 is 0. The lowest BCUT2D eigenvalue weighted by atomic mass is 9.78. The number of rotatable bonds is 0. The van der Waals surface area contributed by atoms with Gasteiger partial charge in [-0.05, 0) is 50.4 Å². The Bertz CT molecular complexity index is 1570. The normalized spacial score (nSPS) is 15.5. The largest absolute Gasteiger partial charge is 0.328 e. The molecule has 152 valence electrons. The third-order valence-corrected chi connectivity index (χ3v) is 6.00. The molecular weight excluding hydrogens is 404 g/mol. The molecular formula is C26H14N2O4. The van der Waals surface area contributed by atoms with E-state index < -0.39 is 23.6 Å². The van der Waals surface area contributed by atoms with Crippen LogP contribution in [0.25, 0.3) is 38.2 Å². The van der Waals surface area contributed by atoms with Gasteiger partial charge in [-0.15, -0.1) is 0 Å². The van der Waals surface area contributed by atoms with Crippen LogP contribution in [0.2, 0.25) is 0 Å². The van der Waals surface area contributed by atoms with Gasteiger partial charge in [0.1, 0.15) is 5.57 Å². The monoisotopic (exact) mass is 418 g/mol. The van der Waals surface area contributed by atoms with Gasteiger partial charge in [0.2, 0.25) is 0 Å². The van der Waals surface area contributed by atoms with E-state index in [4.69, 9.17) is 0 Å². The predicted molar refractivity (Wildman–Crippen MR) is 120 cm³/mol. The highest BCUT2D eigenvalue weighted by Gasteiger charge is 2.38. The topological polar surface area (TPSA) is 92.3 Å².